The Morgan fingerprint density at radius 3 is 2.65 bits per heavy atom. The molecular weight excluding hydrogens is 240 g/mol. The van der Waals surface area contributed by atoms with Gasteiger partial charge in [0.15, 0.2) is 0 Å². The van der Waals surface area contributed by atoms with Crippen molar-refractivity contribution < 1.29 is 9.53 Å². The molecule has 3 N–H and O–H groups in total. The van der Waals surface area contributed by atoms with E-state index in [1.807, 2.05) is 6.92 Å². The van der Waals surface area contributed by atoms with Gasteiger partial charge in [-0.2, -0.15) is 0 Å². The van der Waals surface area contributed by atoms with Crippen molar-refractivity contribution in [3.05, 3.63) is 0 Å². The summed E-state index contributed by atoms with van der Waals surface area (Å²) in [5, 5.41) is 3.05. The molecule has 4 nitrogen and oxygen atoms in total. The Morgan fingerprint density at radius 2 is 2.12 bits per heavy atom. The Morgan fingerprint density at radius 1 is 1.35 bits per heavy atom. The minimum Gasteiger partial charge on any atom is -0.376 e. The van der Waals surface area contributed by atoms with Crippen LogP contribution in [0.15, 0.2) is 0 Å². The van der Waals surface area contributed by atoms with Gasteiger partial charge >= 0.3 is 0 Å². The molecule has 1 saturated heterocycles. The van der Waals surface area contributed by atoms with E-state index in [4.69, 9.17) is 10.5 Å². The standard InChI is InChI=1S/C12H22N2O2.ClH/c1-8(11-6-3-7-16-11)14-12(15)9-4-2-5-10(9)13;/h8-11H,2-7,13H2,1H3,(H,14,15);1H. The van der Waals surface area contributed by atoms with Crippen molar-refractivity contribution in [3.63, 3.8) is 0 Å². The smallest absolute Gasteiger partial charge is 0.224 e. The van der Waals surface area contributed by atoms with Gasteiger partial charge in [0.1, 0.15) is 0 Å². The third-order valence-corrected chi connectivity index (χ3v) is 3.80. The Bertz CT molecular complexity index is 257. The van der Waals surface area contributed by atoms with E-state index in [0.29, 0.717) is 0 Å². The topological polar surface area (TPSA) is 64.4 Å². The second-order valence-electron chi connectivity index (χ2n) is 5.05. The first-order valence-electron chi connectivity index (χ1n) is 6.36. The van der Waals surface area contributed by atoms with Crippen LogP contribution in [0, 0.1) is 5.92 Å². The van der Waals surface area contributed by atoms with Gasteiger partial charge in [-0.05, 0) is 32.6 Å². The number of nitrogens with two attached hydrogens (primary N) is 1. The van der Waals surface area contributed by atoms with E-state index in [2.05, 4.69) is 5.32 Å². The average Bonchev–Trinajstić information content (AvgIpc) is 2.86. The summed E-state index contributed by atoms with van der Waals surface area (Å²) < 4.78 is 5.56. The van der Waals surface area contributed by atoms with Crippen molar-refractivity contribution >= 4 is 18.3 Å². The first-order chi connectivity index (χ1) is 7.68. The lowest BCUT2D eigenvalue weighted by Crippen LogP contribution is -2.46. The fourth-order valence-corrected chi connectivity index (χ4v) is 2.74. The highest BCUT2D eigenvalue weighted by molar-refractivity contribution is 5.85. The van der Waals surface area contributed by atoms with Gasteiger partial charge in [-0.15, -0.1) is 12.4 Å². The zero-order chi connectivity index (χ0) is 11.5. The highest BCUT2D eigenvalue weighted by Crippen LogP contribution is 2.24. The van der Waals surface area contributed by atoms with Gasteiger partial charge in [-0.3, -0.25) is 4.79 Å². The van der Waals surface area contributed by atoms with Crippen LogP contribution in [0.3, 0.4) is 0 Å². The predicted molar refractivity (Wildman–Crippen MR) is 69.1 cm³/mol. The van der Waals surface area contributed by atoms with E-state index in [9.17, 15) is 4.79 Å². The molecule has 1 heterocycles. The maximum atomic E-state index is 12.0. The van der Waals surface area contributed by atoms with E-state index in [1.54, 1.807) is 0 Å². The Hall–Kier alpha value is -0.320. The second kappa shape index (κ2) is 6.57. The van der Waals surface area contributed by atoms with Crippen LogP contribution in [-0.4, -0.2) is 30.7 Å². The maximum Gasteiger partial charge on any atom is 0.224 e. The van der Waals surface area contributed by atoms with Crippen molar-refractivity contribution in [1.82, 2.24) is 5.32 Å². The lowest BCUT2D eigenvalue weighted by atomic mass is 10.0. The minimum atomic E-state index is 0. The highest BCUT2D eigenvalue weighted by Gasteiger charge is 2.32. The SMILES string of the molecule is CC(NC(=O)C1CCCC1N)C1CCCO1.Cl. The highest BCUT2D eigenvalue weighted by atomic mass is 35.5. The number of carbonyl (C=O) groups is 1. The van der Waals surface area contributed by atoms with Gasteiger partial charge in [-0.1, -0.05) is 6.42 Å². The summed E-state index contributed by atoms with van der Waals surface area (Å²) in [6.07, 6.45) is 5.35. The van der Waals surface area contributed by atoms with E-state index in [-0.39, 0.29) is 42.4 Å². The Labute approximate surface area is 109 Å². The molecule has 0 aromatic rings. The van der Waals surface area contributed by atoms with E-state index in [1.165, 1.54) is 0 Å². The van der Waals surface area contributed by atoms with Gasteiger partial charge in [0.05, 0.1) is 18.1 Å². The van der Waals surface area contributed by atoms with Gasteiger partial charge in [0.2, 0.25) is 5.91 Å². The average molecular weight is 263 g/mol. The molecular formula is C12H23ClN2O2. The molecule has 2 aliphatic rings. The van der Waals surface area contributed by atoms with Gasteiger partial charge < -0.3 is 15.8 Å². The van der Waals surface area contributed by atoms with Crippen molar-refractivity contribution in [1.29, 1.82) is 0 Å². The van der Waals surface area contributed by atoms with Gasteiger partial charge in [0.25, 0.3) is 0 Å². The molecule has 2 rings (SSSR count). The van der Waals surface area contributed by atoms with Crippen molar-refractivity contribution in [3.8, 4) is 0 Å². The van der Waals surface area contributed by atoms with Crippen LogP contribution in [0.2, 0.25) is 0 Å². The first kappa shape index (κ1) is 14.7. The van der Waals surface area contributed by atoms with Crippen LogP contribution in [0.4, 0.5) is 0 Å². The Kier molecular flexibility index (Phi) is 5.70. The number of amides is 1. The monoisotopic (exact) mass is 262 g/mol. The number of ether oxygens (including phenoxy) is 1. The zero-order valence-corrected chi connectivity index (χ0v) is 11.2. The molecule has 100 valence electrons. The van der Waals surface area contributed by atoms with Crippen LogP contribution in [0.1, 0.15) is 39.0 Å². The van der Waals surface area contributed by atoms with Crippen LogP contribution in [0.5, 0.6) is 0 Å². The van der Waals surface area contributed by atoms with Crippen molar-refractivity contribution in [2.24, 2.45) is 11.7 Å². The quantitative estimate of drug-likeness (QED) is 0.804. The summed E-state index contributed by atoms with van der Waals surface area (Å²) in [5.41, 5.74) is 5.92. The van der Waals surface area contributed by atoms with E-state index < -0.39 is 0 Å². The molecule has 0 radical (unpaired) electrons. The molecule has 17 heavy (non-hydrogen) atoms. The summed E-state index contributed by atoms with van der Waals surface area (Å²) in [6, 6.07) is 0.166. The van der Waals surface area contributed by atoms with Crippen molar-refractivity contribution in [2.45, 2.75) is 57.2 Å². The largest absolute Gasteiger partial charge is 0.376 e. The summed E-state index contributed by atoms with van der Waals surface area (Å²) in [6.45, 7) is 2.85. The molecule has 2 fully saturated rings. The number of nitrogens with one attached hydrogen (secondary N) is 1. The number of carbonyl (C=O) groups excluding carboxylic acids is 1. The predicted octanol–water partition coefficient (Wildman–Crippen LogP) is 1.22. The molecule has 0 bridgehead atoms. The summed E-state index contributed by atoms with van der Waals surface area (Å²) in [7, 11) is 0. The van der Waals surface area contributed by atoms with Crippen LogP contribution in [-0.2, 0) is 9.53 Å². The number of hydrogen-bond donors (Lipinski definition) is 2. The number of halogens is 1. The third kappa shape index (κ3) is 3.57. The maximum absolute atomic E-state index is 12.0. The second-order valence-corrected chi connectivity index (χ2v) is 5.05. The molecule has 1 amide bonds. The van der Waals surface area contributed by atoms with Crippen LogP contribution < -0.4 is 11.1 Å². The van der Waals surface area contributed by atoms with E-state index in [0.717, 1.165) is 38.7 Å². The molecule has 4 atom stereocenters. The number of rotatable bonds is 3. The molecule has 5 heteroatoms. The fourth-order valence-electron chi connectivity index (χ4n) is 2.74. The summed E-state index contributed by atoms with van der Waals surface area (Å²) in [5.74, 6) is 0.136. The molecule has 1 aliphatic heterocycles. The van der Waals surface area contributed by atoms with Crippen molar-refractivity contribution in [2.75, 3.05) is 6.61 Å². The van der Waals surface area contributed by atoms with Crippen LogP contribution >= 0.6 is 12.4 Å². The summed E-state index contributed by atoms with van der Waals surface area (Å²) >= 11 is 0. The van der Waals surface area contributed by atoms with Gasteiger partial charge in [-0.25, -0.2) is 0 Å². The fraction of sp³-hybridized carbons (Fsp3) is 0.917. The molecule has 1 saturated carbocycles. The molecule has 4 unspecified atom stereocenters. The third-order valence-electron chi connectivity index (χ3n) is 3.80. The molecule has 0 aromatic heterocycles. The lowest BCUT2D eigenvalue weighted by Gasteiger charge is -2.23. The lowest BCUT2D eigenvalue weighted by molar-refractivity contribution is -0.126. The first-order valence-corrected chi connectivity index (χ1v) is 6.36. The molecule has 0 spiro atoms. The minimum absolute atomic E-state index is 0. The van der Waals surface area contributed by atoms with E-state index >= 15 is 0 Å². The molecule has 1 aliphatic carbocycles. The summed E-state index contributed by atoms with van der Waals surface area (Å²) in [4.78, 5) is 12.0. The normalized spacial score (nSPS) is 34.1. The van der Waals surface area contributed by atoms with Crippen LogP contribution in [0.25, 0.3) is 0 Å². The Balaban J connectivity index is 0.00000144. The molecule has 0 aromatic carbocycles. The zero-order valence-electron chi connectivity index (χ0n) is 10.4. The van der Waals surface area contributed by atoms with Gasteiger partial charge in [0, 0.05) is 12.6 Å². The number of hydrogen-bond acceptors (Lipinski definition) is 3.